The van der Waals surface area contributed by atoms with Crippen molar-refractivity contribution in [1.82, 2.24) is 4.90 Å². The van der Waals surface area contributed by atoms with Gasteiger partial charge >= 0.3 is 5.97 Å². The number of aromatic hydroxyl groups is 1. The number of carbonyl (C=O) groups excluding carboxylic acids is 2. The number of carboxylic acids is 1. The molecule has 1 heterocycles. The lowest BCUT2D eigenvalue weighted by Gasteiger charge is -2.22. The number of thiocarbonyl (C=S) groups is 1. The van der Waals surface area contributed by atoms with Crippen molar-refractivity contribution in [2.24, 2.45) is 0 Å². The van der Waals surface area contributed by atoms with E-state index in [-0.39, 0.29) is 21.5 Å². The van der Waals surface area contributed by atoms with Crippen molar-refractivity contribution in [1.29, 1.82) is 0 Å². The Labute approximate surface area is 176 Å². The zero-order chi connectivity index (χ0) is 21.1. The number of thioether (sulfide) groups is 1. The molecule has 3 rings (SSSR count). The fourth-order valence-corrected chi connectivity index (χ4v) is 4.09. The zero-order valence-corrected chi connectivity index (χ0v) is 16.8. The van der Waals surface area contributed by atoms with Crippen molar-refractivity contribution in [2.45, 2.75) is 13.0 Å². The number of carboxylic acid groups (broad SMARTS) is 1. The van der Waals surface area contributed by atoms with Crippen LogP contribution in [0.2, 0.25) is 0 Å². The number of benzene rings is 2. The van der Waals surface area contributed by atoms with Crippen LogP contribution >= 0.6 is 24.0 Å². The van der Waals surface area contributed by atoms with E-state index in [0.717, 1.165) is 23.4 Å². The summed E-state index contributed by atoms with van der Waals surface area (Å²) in [6, 6.07) is 12.1. The maximum atomic E-state index is 12.8. The molecular weight excluding hydrogens is 412 g/mol. The molecule has 9 heteroatoms. The first-order valence-corrected chi connectivity index (χ1v) is 9.69. The minimum Gasteiger partial charge on any atom is -0.507 e. The molecule has 29 heavy (non-hydrogen) atoms. The molecule has 1 atom stereocenters. The summed E-state index contributed by atoms with van der Waals surface area (Å²) >= 11 is 6.40. The molecule has 0 aromatic heterocycles. The molecule has 0 bridgehead atoms. The van der Waals surface area contributed by atoms with Gasteiger partial charge in [0.1, 0.15) is 21.7 Å². The van der Waals surface area contributed by atoms with Gasteiger partial charge in [-0.05, 0) is 30.7 Å². The van der Waals surface area contributed by atoms with Crippen molar-refractivity contribution in [3.8, 4) is 5.75 Å². The van der Waals surface area contributed by atoms with Gasteiger partial charge in [0.2, 0.25) is 5.91 Å². The summed E-state index contributed by atoms with van der Waals surface area (Å²) in [4.78, 5) is 38.0. The Hall–Kier alpha value is -3.17. The van der Waals surface area contributed by atoms with Crippen LogP contribution in [0.4, 0.5) is 5.69 Å². The molecule has 0 aliphatic carbocycles. The van der Waals surface area contributed by atoms with Crippen LogP contribution in [0.1, 0.15) is 22.8 Å². The van der Waals surface area contributed by atoms with E-state index in [1.54, 1.807) is 6.08 Å². The summed E-state index contributed by atoms with van der Waals surface area (Å²) < 4.78 is 0.268. The van der Waals surface area contributed by atoms with Crippen LogP contribution in [0.15, 0.2) is 53.4 Å². The van der Waals surface area contributed by atoms with E-state index in [9.17, 15) is 19.5 Å². The molecule has 148 valence electrons. The molecular formula is C20H16N2O5S2. The molecule has 0 radical (unpaired) electrons. The maximum absolute atomic E-state index is 12.8. The zero-order valence-electron chi connectivity index (χ0n) is 15.2. The third kappa shape index (κ3) is 4.47. The number of anilines is 1. The number of carbonyl (C=O) groups is 3. The number of rotatable bonds is 5. The number of hydrogen-bond acceptors (Lipinski definition) is 6. The minimum atomic E-state index is -1.28. The fraction of sp³-hybridized carbons (Fsp3) is 0.100. The summed E-state index contributed by atoms with van der Waals surface area (Å²) in [5, 5.41) is 21.3. The van der Waals surface area contributed by atoms with E-state index in [1.807, 2.05) is 30.3 Å². The summed E-state index contributed by atoms with van der Waals surface area (Å²) in [5.74, 6) is -2.64. The quantitative estimate of drug-likeness (QED) is 0.495. The smallest absolute Gasteiger partial charge is 0.339 e. The number of nitrogens with zero attached hydrogens (tertiary/aromatic N) is 1. The first kappa shape index (κ1) is 20.6. The van der Waals surface area contributed by atoms with E-state index in [1.165, 1.54) is 24.0 Å². The van der Waals surface area contributed by atoms with E-state index >= 15 is 0 Å². The van der Waals surface area contributed by atoms with Crippen LogP contribution in [0.5, 0.6) is 5.75 Å². The molecule has 1 fully saturated rings. The average Bonchev–Trinajstić information content (AvgIpc) is 2.95. The van der Waals surface area contributed by atoms with Crippen LogP contribution in [0.25, 0.3) is 6.08 Å². The van der Waals surface area contributed by atoms with Crippen molar-refractivity contribution < 1.29 is 24.6 Å². The van der Waals surface area contributed by atoms with Crippen LogP contribution in [-0.4, -0.2) is 43.3 Å². The molecule has 0 spiro atoms. The first-order valence-electron chi connectivity index (χ1n) is 8.47. The summed E-state index contributed by atoms with van der Waals surface area (Å²) in [5.41, 5.74) is 0.771. The highest BCUT2D eigenvalue weighted by molar-refractivity contribution is 8.26. The lowest BCUT2D eigenvalue weighted by atomic mass is 10.1. The van der Waals surface area contributed by atoms with Crippen molar-refractivity contribution in [2.75, 3.05) is 5.32 Å². The molecule has 2 amide bonds. The van der Waals surface area contributed by atoms with Crippen LogP contribution in [-0.2, 0) is 9.59 Å². The number of nitrogens with one attached hydrogen (secondary N) is 1. The molecule has 0 unspecified atom stereocenters. The van der Waals surface area contributed by atoms with Crippen LogP contribution in [0.3, 0.4) is 0 Å². The number of phenols is 1. The van der Waals surface area contributed by atoms with Gasteiger partial charge in [-0.25, -0.2) is 4.79 Å². The third-order valence-electron chi connectivity index (χ3n) is 4.18. The highest BCUT2D eigenvalue weighted by Crippen LogP contribution is 2.34. The molecule has 1 aliphatic rings. The molecule has 1 aliphatic heterocycles. The van der Waals surface area contributed by atoms with Crippen LogP contribution < -0.4 is 5.32 Å². The number of aromatic carboxylic acids is 1. The third-order valence-corrected chi connectivity index (χ3v) is 5.51. The Morgan fingerprint density at radius 3 is 2.52 bits per heavy atom. The Kier molecular flexibility index (Phi) is 6.00. The second-order valence-electron chi connectivity index (χ2n) is 6.16. The van der Waals surface area contributed by atoms with E-state index < -0.39 is 23.7 Å². The van der Waals surface area contributed by atoms with E-state index in [2.05, 4.69) is 5.32 Å². The lowest BCUT2D eigenvalue weighted by molar-refractivity contribution is -0.129. The Morgan fingerprint density at radius 1 is 1.21 bits per heavy atom. The van der Waals surface area contributed by atoms with Gasteiger partial charge in [0.05, 0.1) is 4.91 Å². The molecule has 2 aromatic carbocycles. The molecule has 0 saturated carbocycles. The highest BCUT2D eigenvalue weighted by Gasteiger charge is 2.38. The summed E-state index contributed by atoms with van der Waals surface area (Å²) in [6.45, 7) is 1.54. The second kappa shape index (κ2) is 8.46. The molecule has 3 N–H and O–H groups in total. The van der Waals surface area contributed by atoms with Gasteiger partial charge in [0, 0.05) is 11.8 Å². The first-order chi connectivity index (χ1) is 13.8. The summed E-state index contributed by atoms with van der Waals surface area (Å²) in [7, 11) is 0. The van der Waals surface area contributed by atoms with Gasteiger partial charge in [0.25, 0.3) is 5.91 Å². The average molecular weight is 428 g/mol. The molecule has 2 aromatic rings. The fourth-order valence-electron chi connectivity index (χ4n) is 2.67. The predicted octanol–water partition coefficient (Wildman–Crippen LogP) is 3.32. The normalized spacial score (nSPS) is 16.2. The Bertz CT molecular complexity index is 1040. The maximum Gasteiger partial charge on any atom is 0.339 e. The van der Waals surface area contributed by atoms with Gasteiger partial charge in [-0.2, -0.15) is 0 Å². The van der Waals surface area contributed by atoms with E-state index in [4.69, 9.17) is 17.3 Å². The molecule has 7 nitrogen and oxygen atoms in total. The number of hydrogen-bond donors (Lipinski definition) is 3. The second-order valence-corrected chi connectivity index (χ2v) is 7.84. The summed E-state index contributed by atoms with van der Waals surface area (Å²) in [6.07, 6.45) is 1.71. The van der Waals surface area contributed by atoms with Crippen molar-refractivity contribution in [3.63, 3.8) is 0 Å². The largest absolute Gasteiger partial charge is 0.507 e. The lowest BCUT2D eigenvalue weighted by Crippen LogP contribution is -2.44. The molecule has 1 saturated heterocycles. The predicted molar refractivity (Wildman–Crippen MR) is 115 cm³/mol. The van der Waals surface area contributed by atoms with Gasteiger partial charge in [-0.15, -0.1) is 0 Å². The van der Waals surface area contributed by atoms with Crippen LogP contribution in [0, 0.1) is 0 Å². The SMILES string of the molecule is C[C@@H](C(=O)Nc1ccc(C(=O)O)c(O)c1)N1C(=O)/C(=C\c2ccccc2)SC1=S. The van der Waals surface area contributed by atoms with Gasteiger partial charge in [-0.3, -0.25) is 14.5 Å². The standard InChI is InChI=1S/C20H16N2O5S2/c1-11(17(24)21-13-7-8-14(19(26)27)15(23)10-13)22-18(25)16(29-20(22)28)9-12-5-3-2-4-6-12/h2-11,23H,1H3,(H,21,24)(H,26,27)/b16-9+/t11-/m0/s1. The monoisotopic (exact) mass is 428 g/mol. The Morgan fingerprint density at radius 2 is 1.90 bits per heavy atom. The van der Waals surface area contributed by atoms with Crippen molar-refractivity contribution in [3.05, 3.63) is 64.6 Å². The Balaban J connectivity index is 1.75. The van der Waals surface area contributed by atoms with Gasteiger partial charge in [-0.1, -0.05) is 54.3 Å². The van der Waals surface area contributed by atoms with E-state index in [0.29, 0.717) is 4.91 Å². The highest BCUT2D eigenvalue weighted by atomic mass is 32.2. The minimum absolute atomic E-state index is 0.203. The van der Waals surface area contributed by atoms with Crippen molar-refractivity contribution >= 4 is 57.8 Å². The number of amides is 2. The van der Waals surface area contributed by atoms with Gasteiger partial charge < -0.3 is 15.5 Å². The van der Waals surface area contributed by atoms with Gasteiger partial charge in [0.15, 0.2) is 0 Å². The topological polar surface area (TPSA) is 107 Å².